The molecule has 1 atom stereocenters. The SMILES string of the molecule is C#CCOc1ccc2nc(S(=O)O)sc2c1. The molecule has 2 aromatic rings. The number of ether oxygens (including phenoxy) is 1. The van der Waals surface area contributed by atoms with Crippen LogP contribution in [-0.2, 0) is 11.1 Å². The third kappa shape index (κ3) is 2.22. The average molecular weight is 253 g/mol. The molecule has 0 aliphatic carbocycles. The molecule has 0 aliphatic heterocycles. The normalized spacial score (nSPS) is 12.2. The van der Waals surface area contributed by atoms with E-state index >= 15 is 0 Å². The van der Waals surface area contributed by atoms with Gasteiger partial charge in [-0.1, -0.05) is 5.92 Å². The number of thiazole rings is 1. The standard InChI is InChI=1S/C10H7NO3S2/c1-2-5-14-7-3-4-8-9(6-7)15-10(11-8)16(12)13/h1,3-4,6H,5H2,(H,12,13). The molecule has 0 radical (unpaired) electrons. The van der Waals surface area contributed by atoms with Crippen molar-refractivity contribution < 1.29 is 13.5 Å². The van der Waals surface area contributed by atoms with Crippen LogP contribution in [0, 0.1) is 12.3 Å². The average Bonchev–Trinajstić information content (AvgIpc) is 2.69. The molecule has 82 valence electrons. The number of fused-ring (bicyclic) bond motifs is 1. The van der Waals surface area contributed by atoms with Crippen molar-refractivity contribution in [2.75, 3.05) is 6.61 Å². The van der Waals surface area contributed by atoms with Crippen molar-refractivity contribution in [3.05, 3.63) is 18.2 Å². The summed E-state index contributed by atoms with van der Waals surface area (Å²) in [5.74, 6) is 2.99. The molecule has 1 aromatic carbocycles. The number of hydrogen-bond acceptors (Lipinski definition) is 4. The highest BCUT2D eigenvalue weighted by molar-refractivity contribution is 7.81. The van der Waals surface area contributed by atoms with Crippen LogP contribution >= 0.6 is 11.3 Å². The highest BCUT2D eigenvalue weighted by Gasteiger charge is 2.08. The summed E-state index contributed by atoms with van der Waals surface area (Å²) in [5.41, 5.74) is 0.676. The van der Waals surface area contributed by atoms with Crippen molar-refractivity contribution in [2.24, 2.45) is 0 Å². The van der Waals surface area contributed by atoms with Gasteiger partial charge in [-0.25, -0.2) is 9.19 Å². The molecule has 4 nitrogen and oxygen atoms in total. The summed E-state index contributed by atoms with van der Waals surface area (Å²) in [6, 6.07) is 5.21. The zero-order valence-electron chi connectivity index (χ0n) is 8.04. The second-order valence-corrected chi connectivity index (χ2v) is 5.03. The summed E-state index contributed by atoms with van der Waals surface area (Å²) >= 11 is -0.879. The summed E-state index contributed by atoms with van der Waals surface area (Å²) in [7, 11) is 0. The van der Waals surface area contributed by atoms with Gasteiger partial charge in [-0.3, -0.25) is 0 Å². The van der Waals surface area contributed by atoms with E-state index in [0.29, 0.717) is 11.3 Å². The molecule has 16 heavy (non-hydrogen) atoms. The zero-order valence-corrected chi connectivity index (χ0v) is 9.68. The van der Waals surface area contributed by atoms with Crippen LogP contribution in [0.4, 0.5) is 0 Å². The molecule has 1 heterocycles. The molecule has 0 fully saturated rings. The quantitative estimate of drug-likeness (QED) is 0.670. The van der Waals surface area contributed by atoms with E-state index in [9.17, 15) is 4.21 Å². The fraction of sp³-hybridized carbons (Fsp3) is 0.100. The van der Waals surface area contributed by atoms with Gasteiger partial charge in [-0.2, -0.15) is 0 Å². The minimum atomic E-state index is -2.04. The van der Waals surface area contributed by atoms with Crippen LogP contribution in [0.15, 0.2) is 22.5 Å². The first kappa shape index (κ1) is 11.1. The van der Waals surface area contributed by atoms with Gasteiger partial charge in [0.1, 0.15) is 12.4 Å². The van der Waals surface area contributed by atoms with Crippen LogP contribution < -0.4 is 4.74 Å². The number of benzene rings is 1. The Morgan fingerprint density at radius 1 is 1.62 bits per heavy atom. The van der Waals surface area contributed by atoms with Crippen LogP contribution in [0.25, 0.3) is 10.2 Å². The molecular formula is C10H7NO3S2. The second-order valence-electron chi connectivity index (χ2n) is 2.85. The van der Waals surface area contributed by atoms with Crippen LogP contribution in [0.5, 0.6) is 5.75 Å². The van der Waals surface area contributed by atoms with E-state index in [2.05, 4.69) is 10.9 Å². The molecule has 0 saturated heterocycles. The fourth-order valence-electron chi connectivity index (χ4n) is 1.17. The maximum Gasteiger partial charge on any atom is 0.216 e. The maximum absolute atomic E-state index is 10.8. The molecule has 6 heteroatoms. The lowest BCUT2D eigenvalue weighted by molar-refractivity contribution is 0.371. The number of terminal acetylenes is 1. The largest absolute Gasteiger partial charge is 0.481 e. The molecule has 1 unspecified atom stereocenters. The predicted molar refractivity (Wildman–Crippen MR) is 63.0 cm³/mol. The lowest BCUT2D eigenvalue weighted by Gasteiger charge is -2.00. The van der Waals surface area contributed by atoms with E-state index in [1.165, 1.54) is 0 Å². The van der Waals surface area contributed by atoms with E-state index in [1.54, 1.807) is 18.2 Å². The van der Waals surface area contributed by atoms with Crippen molar-refractivity contribution in [1.29, 1.82) is 0 Å². The van der Waals surface area contributed by atoms with Gasteiger partial charge in [0, 0.05) is 0 Å². The summed E-state index contributed by atoms with van der Waals surface area (Å²) in [6.45, 7) is 0.198. The van der Waals surface area contributed by atoms with E-state index in [4.69, 9.17) is 15.7 Å². The maximum atomic E-state index is 10.8. The Labute approximate surface area is 98.6 Å². The Hall–Kier alpha value is -1.42. The van der Waals surface area contributed by atoms with E-state index in [-0.39, 0.29) is 10.9 Å². The Bertz CT molecular complexity index is 585. The van der Waals surface area contributed by atoms with Gasteiger partial charge in [-0.05, 0) is 18.2 Å². The highest BCUT2D eigenvalue weighted by atomic mass is 32.2. The zero-order chi connectivity index (χ0) is 11.5. The third-order valence-corrected chi connectivity index (χ3v) is 3.69. The number of rotatable bonds is 3. The molecule has 0 aliphatic rings. The first-order valence-corrected chi connectivity index (χ1v) is 6.21. The third-order valence-electron chi connectivity index (χ3n) is 1.81. The first-order chi connectivity index (χ1) is 7.70. The van der Waals surface area contributed by atoms with Gasteiger partial charge >= 0.3 is 0 Å². The van der Waals surface area contributed by atoms with Crippen LogP contribution in [0.2, 0.25) is 0 Å². The van der Waals surface area contributed by atoms with Gasteiger partial charge in [0.15, 0.2) is 0 Å². The molecule has 0 saturated carbocycles. The van der Waals surface area contributed by atoms with Crippen molar-refractivity contribution in [3.63, 3.8) is 0 Å². The molecule has 0 bridgehead atoms. The lowest BCUT2D eigenvalue weighted by Crippen LogP contribution is -1.92. The van der Waals surface area contributed by atoms with Crippen LogP contribution in [0.3, 0.4) is 0 Å². The van der Waals surface area contributed by atoms with Gasteiger partial charge in [0.25, 0.3) is 0 Å². The van der Waals surface area contributed by atoms with Crippen molar-refractivity contribution in [3.8, 4) is 18.1 Å². The Morgan fingerprint density at radius 2 is 2.44 bits per heavy atom. The minimum Gasteiger partial charge on any atom is -0.481 e. The van der Waals surface area contributed by atoms with Gasteiger partial charge in [0.2, 0.25) is 15.4 Å². The van der Waals surface area contributed by atoms with Gasteiger partial charge in [0.05, 0.1) is 10.2 Å². The summed E-state index contributed by atoms with van der Waals surface area (Å²) in [6.07, 6.45) is 5.07. The number of aromatic nitrogens is 1. The monoisotopic (exact) mass is 253 g/mol. The van der Waals surface area contributed by atoms with Crippen molar-refractivity contribution in [1.82, 2.24) is 4.98 Å². The van der Waals surface area contributed by atoms with Crippen LogP contribution in [0.1, 0.15) is 0 Å². The van der Waals surface area contributed by atoms with Crippen molar-refractivity contribution >= 4 is 32.6 Å². The van der Waals surface area contributed by atoms with Crippen LogP contribution in [-0.4, -0.2) is 20.4 Å². The fourth-order valence-corrected chi connectivity index (χ4v) is 2.63. The summed E-state index contributed by atoms with van der Waals surface area (Å²) in [5, 5.41) is 0. The molecule has 1 N–H and O–H groups in total. The molecule has 0 amide bonds. The number of hydrogen-bond donors (Lipinski definition) is 1. The Kier molecular flexibility index (Phi) is 3.19. The first-order valence-electron chi connectivity index (χ1n) is 4.28. The Balaban J connectivity index is 2.38. The second kappa shape index (κ2) is 4.61. The molecule has 1 aromatic heterocycles. The molecular weight excluding hydrogens is 246 g/mol. The molecule has 2 rings (SSSR count). The topological polar surface area (TPSA) is 59.4 Å². The summed E-state index contributed by atoms with van der Waals surface area (Å²) < 4.78 is 25.9. The predicted octanol–water partition coefficient (Wildman–Crippen LogP) is 1.89. The van der Waals surface area contributed by atoms with Gasteiger partial charge in [-0.15, -0.1) is 17.8 Å². The van der Waals surface area contributed by atoms with Gasteiger partial charge < -0.3 is 9.29 Å². The summed E-state index contributed by atoms with van der Waals surface area (Å²) in [4.78, 5) is 4.01. The van der Waals surface area contributed by atoms with E-state index in [0.717, 1.165) is 16.0 Å². The van der Waals surface area contributed by atoms with E-state index in [1.807, 2.05) is 0 Å². The van der Waals surface area contributed by atoms with Crippen molar-refractivity contribution in [2.45, 2.75) is 4.34 Å². The highest BCUT2D eigenvalue weighted by Crippen LogP contribution is 2.27. The smallest absolute Gasteiger partial charge is 0.216 e. The Morgan fingerprint density at radius 3 is 3.12 bits per heavy atom. The lowest BCUT2D eigenvalue weighted by atomic mass is 10.3. The number of nitrogens with zero attached hydrogens (tertiary/aromatic N) is 1. The van der Waals surface area contributed by atoms with E-state index < -0.39 is 11.1 Å². The minimum absolute atomic E-state index is 0.184. The molecule has 0 spiro atoms.